The van der Waals surface area contributed by atoms with E-state index in [-0.39, 0.29) is 0 Å². The molecule has 0 fully saturated rings. The Morgan fingerprint density at radius 2 is 1.64 bits per heavy atom. The number of hydrogen-bond acceptors (Lipinski definition) is 1. The zero-order valence-corrected chi connectivity index (χ0v) is 7.41. The van der Waals surface area contributed by atoms with Gasteiger partial charge in [-0.1, -0.05) is 32.0 Å². The SMILES string of the molecule is CC.CC=Nc1ccccc1. The third-order valence-corrected chi connectivity index (χ3v) is 1.03. The topological polar surface area (TPSA) is 12.4 Å². The van der Waals surface area contributed by atoms with Crippen molar-refractivity contribution in [2.24, 2.45) is 4.99 Å². The van der Waals surface area contributed by atoms with Crippen LogP contribution in [0.1, 0.15) is 20.8 Å². The summed E-state index contributed by atoms with van der Waals surface area (Å²) in [6.07, 6.45) is 1.79. The molecule has 0 amide bonds. The Hall–Kier alpha value is -1.11. The van der Waals surface area contributed by atoms with E-state index in [2.05, 4.69) is 4.99 Å². The van der Waals surface area contributed by atoms with Crippen molar-refractivity contribution >= 4 is 11.9 Å². The molecule has 0 N–H and O–H groups in total. The molecule has 0 unspecified atom stereocenters. The molecule has 0 saturated heterocycles. The van der Waals surface area contributed by atoms with Gasteiger partial charge in [-0.3, -0.25) is 4.99 Å². The zero-order valence-electron chi connectivity index (χ0n) is 7.41. The fraction of sp³-hybridized carbons (Fsp3) is 0.300. The van der Waals surface area contributed by atoms with Gasteiger partial charge in [0.1, 0.15) is 0 Å². The van der Waals surface area contributed by atoms with Gasteiger partial charge in [-0.05, 0) is 19.1 Å². The molecule has 0 aromatic heterocycles. The van der Waals surface area contributed by atoms with Crippen LogP contribution in [0.25, 0.3) is 0 Å². The van der Waals surface area contributed by atoms with E-state index in [0.29, 0.717) is 0 Å². The van der Waals surface area contributed by atoms with Gasteiger partial charge >= 0.3 is 0 Å². The number of nitrogens with zero attached hydrogens (tertiary/aromatic N) is 1. The van der Waals surface area contributed by atoms with Gasteiger partial charge in [0.15, 0.2) is 0 Å². The number of rotatable bonds is 1. The molecule has 0 atom stereocenters. The van der Waals surface area contributed by atoms with Gasteiger partial charge < -0.3 is 0 Å². The summed E-state index contributed by atoms with van der Waals surface area (Å²) in [5, 5.41) is 0. The van der Waals surface area contributed by atoms with E-state index in [0.717, 1.165) is 5.69 Å². The predicted molar refractivity (Wildman–Crippen MR) is 51.6 cm³/mol. The number of benzene rings is 1. The number of hydrogen-bond donors (Lipinski definition) is 0. The van der Waals surface area contributed by atoms with Gasteiger partial charge in [0, 0.05) is 6.21 Å². The van der Waals surface area contributed by atoms with E-state index < -0.39 is 0 Å². The van der Waals surface area contributed by atoms with Gasteiger partial charge in [0.25, 0.3) is 0 Å². The van der Waals surface area contributed by atoms with Crippen LogP contribution in [-0.2, 0) is 0 Å². The summed E-state index contributed by atoms with van der Waals surface area (Å²) in [6.45, 7) is 5.91. The molecule has 0 saturated carbocycles. The van der Waals surface area contributed by atoms with Crippen LogP contribution < -0.4 is 0 Å². The highest BCUT2D eigenvalue weighted by molar-refractivity contribution is 5.59. The van der Waals surface area contributed by atoms with Gasteiger partial charge in [0.05, 0.1) is 5.69 Å². The fourth-order valence-electron chi connectivity index (χ4n) is 0.663. The fourth-order valence-corrected chi connectivity index (χ4v) is 0.663. The molecule has 1 rings (SSSR count). The summed E-state index contributed by atoms with van der Waals surface area (Å²) in [5.41, 5.74) is 1.01. The summed E-state index contributed by atoms with van der Waals surface area (Å²) in [6, 6.07) is 9.87. The van der Waals surface area contributed by atoms with Gasteiger partial charge in [-0.25, -0.2) is 0 Å². The van der Waals surface area contributed by atoms with Gasteiger partial charge in [-0.15, -0.1) is 0 Å². The third kappa shape index (κ3) is 4.31. The summed E-state index contributed by atoms with van der Waals surface area (Å²) in [7, 11) is 0. The molecule has 1 aromatic carbocycles. The van der Waals surface area contributed by atoms with Crippen LogP contribution in [0.4, 0.5) is 5.69 Å². The minimum Gasteiger partial charge on any atom is -0.262 e. The Morgan fingerprint density at radius 3 is 2.09 bits per heavy atom. The minimum absolute atomic E-state index is 1.01. The highest BCUT2D eigenvalue weighted by Crippen LogP contribution is 2.07. The first kappa shape index (κ1) is 9.89. The van der Waals surface area contributed by atoms with Crippen molar-refractivity contribution < 1.29 is 0 Å². The highest BCUT2D eigenvalue weighted by atomic mass is 14.7. The van der Waals surface area contributed by atoms with Crippen molar-refractivity contribution in [3.63, 3.8) is 0 Å². The molecule has 0 aliphatic carbocycles. The molecule has 0 bridgehead atoms. The average molecular weight is 149 g/mol. The lowest BCUT2D eigenvalue weighted by Gasteiger charge is -1.86. The molecule has 0 spiro atoms. The third-order valence-electron chi connectivity index (χ3n) is 1.03. The standard InChI is InChI=1S/C8H9N.C2H6/c1-2-9-8-6-4-3-5-7-8;1-2/h2-7H,1H3;1-2H3. The van der Waals surface area contributed by atoms with Gasteiger partial charge in [0.2, 0.25) is 0 Å². The molecule has 0 aliphatic heterocycles. The largest absolute Gasteiger partial charge is 0.262 e. The Kier molecular flexibility index (Phi) is 6.30. The molecule has 11 heavy (non-hydrogen) atoms. The lowest BCUT2D eigenvalue weighted by molar-refractivity contribution is 1.50. The first-order chi connectivity index (χ1) is 5.43. The van der Waals surface area contributed by atoms with Crippen molar-refractivity contribution in [2.75, 3.05) is 0 Å². The Bertz CT molecular complexity index is 189. The van der Waals surface area contributed by atoms with E-state index in [1.807, 2.05) is 51.1 Å². The molecule has 60 valence electrons. The summed E-state index contributed by atoms with van der Waals surface area (Å²) in [4.78, 5) is 4.08. The Labute approximate surface area is 68.8 Å². The number of aliphatic imine (C=N–C) groups is 1. The minimum atomic E-state index is 1.01. The maximum absolute atomic E-state index is 4.08. The molecular formula is C10H15N. The lowest BCUT2D eigenvalue weighted by atomic mass is 10.3. The van der Waals surface area contributed by atoms with Crippen molar-refractivity contribution in [2.45, 2.75) is 20.8 Å². The van der Waals surface area contributed by atoms with Crippen molar-refractivity contribution in [3.05, 3.63) is 30.3 Å². The van der Waals surface area contributed by atoms with Crippen molar-refractivity contribution in [3.8, 4) is 0 Å². The molecule has 0 heterocycles. The van der Waals surface area contributed by atoms with Crippen LogP contribution in [0.15, 0.2) is 35.3 Å². The lowest BCUT2D eigenvalue weighted by Crippen LogP contribution is -1.61. The molecule has 1 aromatic rings. The summed E-state index contributed by atoms with van der Waals surface area (Å²) in [5.74, 6) is 0. The maximum Gasteiger partial charge on any atom is 0.0625 e. The normalized spacial score (nSPS) is 9.00. The quantitative estimate of drug-likeness (QED) is 0.542. The molecule has 0 radical (unpaired) electrons. The van der Waals surface area contributed by atoms with Crippen LogP contribution in [0.3, 0.4) is 0 Å². The van der Waals surface area contributed by atoms with Gasteiger partial charge in [-0.2, -0.15) is 0 Å². The average Bonchev–Trinajstić information content (AvgIpc) is 2.11. The van der Waals surface area contributed by atoms with Crippen molar-refractivity contribution in [1.82, 2.24) is 0 Å². The van der Waals surface area contributed by atoms with Crippen LogP contribution in [0.5, 0.6) is 0 Å². The maximum atomic E-state index is 4.08. The van der Waals surface area contributed by atoms with Crippen molar-refractivity contribution in [1.29, 1.82) is 0 Å². The second-order valence-electron chi connectivity index (χ2n) is 1.72. The van der Waals surface area contributed by atoms with E-state index >= 15 is 0 Å². The van der Waals surface area contributed by atoms with E-state index in [1.54, 1.807) is 6.21 Å². The Morgan fingerprint density at radius 1 is 1.09 bits per heavy atom. The van der Waals surface area contributed by atoms with Crippen LogP contribution in [0.2, 0.25) is 0 Å². The summed E-state index contributed by atoms with van der Waals surface area (Å²) >= 11 is 0. The van der Waals surface area contributed by atoms with E-state index in [9.17, 15) is 0 Å². The molecule has 1 heteroatoms. The first-order valence-corrected chi connectivity index (χ1v) is 3.97. The molecular weight excluding hydrogens is 134 g/mol. The summed E-state index contributed by atoms with van der Waals surface area (Å²) < 4.78 is 0. The first-order valence-electron chi connectivity index (χ1n) is 3.97. The molecule has 0 aliphatic rings. The predicted octanol–water partition coefficient (Wildman–Crippen LogP) is 3.44. The zero-order chi connectivity index (χ0) is 8.53. The Balaban J connectivity index is 0.000000461. The molecule has 1 nitrogen and oxygen atoms in total. The van der Waals surface area contributed by atoms with Crippen LogP contribution >= 0.6 is 0 Å². The smallest absolute Gasteiger partial charge is 0.0625 e. The second-order valence-corrected chi connectivity index (χ2v) is 1.72. The number of para-hydroxylation sites is 1. The second kappa shape index (κ2) is 7.00. The monoisotopic (exact) mass is 149 g/mol. The van der Waals surface area contributed by atoms with E-state index in [1.165, 1.54) is 0 Å². The van der Waals surface area contributed by atoms with Crippen LogP contribution in [0, 0.1) is 0 Å². The van der Waals surface area contributed by atoms with E-state index in [4.69, 9.17) is 0 Å². The highest BCUT2D eigenvalue weighted by Gasteiger charge is 1.78. The van der Waals surface area contributed by atoms with Crippen LogP contribution in [-0.4, -0.2) is 6.21 Å².